The number of nitrogens with zero attached hydrogens (tertiary/aromatic N) is 1. The van der Waals surface area contributed by atoms with Gasteiger partial charge < -0.3 is 0 Å². The molecule has 5 nitrogen and oxygen atoms in total. The van der Waals surface area contributed by atoms with E-state index in [0.717, 1.165) is 23.2 Å². The molecular formula is C19H20ClN3O2S. The monoisotopic (exact) mass is 389 g/mol. The summed E-state index contributed by atoms with van der Waals surface area (Å²) in [6.45, 7) is 3.82. The lowest BCUT2D eigenvalue weighted by Crippen LogP contribution is -2.27. The number of aromatic amines is 1. The number of sulfonamides is 1. The second kappa shape index (κ2) is 7.61. The number of H-pyrrole nitrogens is 1. The Bertz CT molecular complexity index is 983. The lowest BCUT2D eigenvalue weighted by molar-refractivity contribution is 0.562. The lowest BCUT2D eigenvalue weighted by Gasteiger charge is -2.14. The van der Waals surface area contributed by atoms with Crippen LogP contribution in [0.1, 0.15) is 31.1 Å². The molecule has 3 rings (SSSR count). The first-order valence-electron chi connectivity index (χ1n) is 8.33. The SMILES string of the molecule is CCc1c(C(C)NS(=O)(=O)c2ccc(Cl)cc2)n[nH]c1-c1ccccc1. The fourth-order valence-electron chi connectivity index (χ4n) is 2.91. The Morgan fingerprint density at radius 1 is 1.12 bits per heavy atom. The summed E-state index contributed by atoms with van der Waals surface area (Å²) in [4.78, 5) is 0.172. The molecule has 0 aliphatic heterocycles. The zero-order valence-electron chi connectivity index (χ0n) is 14.5. The van der Waals surface area contributed by atoms with Crippen LogP contribution < -0.4 is 4.72 Å². The first kappa shape index (κ1) is 18.6. The van der Waals surface area contributed by atoms with Crippen LogP contribution in [0.15, 0.2) is 59.5 Å². The number of hydrogen-bond donors (Lipinski definition) is 2. The molecule has 0 aliphatic carbocycles. The van der Waals surface area contributed by atoms with Crippen molar-refractivity contribution in [2.75, 3.05) is 0 Å². The van der Waals surface area contributed by atoms with Crippen molar-refractivity contribution in [2.45, 2.75) is 31.2 Å². The molecule has 0 saturated heterocycles. The largest absolute Gasteiger partial charge is 0.277 e. The van der Waals surface area contributed by atoms with E-state index in [4.69, 9.17) is 11.6 Å². The van der Waals surface area contributed by atoms with Crippen LogP contribution >= 0.6 is 11.6 Å². The highest BCUT2D eigenvalue weighted by atomic mass is 35.5. The molecule has 1 unspecified atom stereocenters. The van der Waals surface area contributed by atoms with Crippen molar-refractivity contribution in [3.05, 3.63) is 70.9 Å². The van der Waals surface area contributed by atoms with Crippen LogP contribution in [0.3, 0.4) is 0 Å². The quantitative estimate of drug-likeness (QED) is 0.658. The van der Waals surface area contributed by atoms with Crippen LogP contribution in [0.25, 0.3) is 11.3 Å². The molecule has 0 radical (unpaired) electrons. The van der Waals surface area contributed by atoms with Gasteiger partial charge in [0.1, 0.15) is 0 Å². The van der Waals surface area contributed by atoms with Crippen LogP contribution in [0.5, 0.6) is 0 Å². The Labute approximate surface area is 158 Å². The fourth-order valence-corrected chi connectivity index (χ4v) is 4.24. The number of hydrogen-bond acceptors (Lipinski definition) is 3. The van der Waals surface area contributed by atoms with E-state index < -0.39 is 16.1 Å². The number of nitrogens with one attached hydrogen (secondary N) is 2. The number of aromatic nitrogens is 2. The van der Waals surface area contributed by atoms with Gasteiger partial charge in [0.25, 0.3) is 0 Å². The molecule has 0 spiro atoms. The van der Waals surface area contributed by atoms with Crippen LogP contribution in [0.2, 0.25) is 5.02 Å². The molecular weight excluding hydrogens is 370 g/mol. The minimum Gasteiger partial charge on any atom is -0.277 e. The van der Waals surface area contributed by atoms with Gasteiger partial charge in [-0.15, -0.1) is 0 Å². The Morgan fingerprint density at radius 3 is 2.38 bits per heavy atom. The fraction of sp³-hybridized carbons (Fsp3) is 0.211. The molecule has 2 aromatic carbocycles. The highest BCUT2D eigenvalue weighted by molar-refractivity contribution is 7.89. The standard InChI is InChI=1S/C19H20ClN3O2S/c1-3-17-18(21-22-19(17)14-7-5-4-6-8-14)13(2)23-26(24,25)16-11-9-15(20)10-12-16/h4-13,23H,3H2,1-2H3,(H,21,22). The molecule has 2 N–H and O–H groups in total. The Morgan fingerprint density at radius 2 is 1.77 bits per heavy atom. The van der Waals surface area contributed by atoms with Crippen LogP contribution in [0.4, 0.5) is 0 Å². The highest BCUT2D eigenvalue weighted by Crippen LogP contribution is 2.28. The van der Waals surface area contributed by atoms with E-state index in [2.05, 4.69) is 14.9 Å². The molecule has 7 heteroatoms. The zero-order valence-corrected chi connectivity index (χ0v) is 16.1. The van der Waals surface area contributed by atoms with E-state index in [1.807, 2.05) is 37.3 Å². The minimum atomic E-state index is -3.67. The maximum Gasteiger partial charge on any atom is 0.241 e. The van der Waals surface area contributed by atoms with Gasteiger partial charge in [-0.1, -0.05) is 48.9 Å². The van der Waals surface area contributed by atoms with Crippen LogP contribution in [0, 0.1) is 0 Å². The van der Waals surface area contributed by atoms with Crippen molar-refractivity contribution in [2.24, 2.45) is 0 Å². The van der Waals surface area contributed by atoms with Gasteiger partial charge in [0.15, 0.2) is 0 Å². The third kappa shape index (κ3) is 3.82. The van der Waals surface area contributed by atoms with Gasteiger partial charge in [-0.25, -0.2) is 13.1 Å². The van der Waals surface area contributed by atoms with Crippen molar-refractivity contribution in [3.8, 4) is 11.3 Å². The second-order valence-corrected chi connectivity index (χ2v) is 8.13. The van der Waals surface area contributed by atoms with Crippen molar-refractivity contribution in [3.63, 3.8) is 0 Å². The summed E-state index contributed by atoms with van der Waals surface area (Å²) in [5, 5.41) is 7.93. The van der Waals surface area contributed by atoms with E-state index in [-0.39, 0.29) is 4.90 Å². The van der Waals surface area contributed by atoms with Gasteiger partial charge in [0.05, 0.1) is 22.3 Å². The molecule has 26 heavy (non-hydrogen) atoms. The number of rotatable bonds is 6. The molecule has 1 heterocycles. The van der Waals surface area contributed by atoms with Crippen LogP contribution in [-0.2, 0) is 16.4 Å². The summed E-state index contributed by atoms with van der Waals surface area (Å²) in [6, 6.07) is 15.5. The third-order valence-corrected chi connectivity index (χ3v) is 5.99. The smallest absolute Gasteiger partial charge is 0.241 e. The molecule has 0 fully saturated rings. The van der Waals surface area contributed by atoms with Crippen LogP contribution in [-0.4, -0.2) is 18.6 Å². The minimum absolute atomic E-state index is 0.172. The third-order valence-electron chi connectivity index (χ3n) is 4.18. The highest BCUT2D eigenvalue weighted by Gasteiger charge is 2.23. The topological polar surface area (TPSA) is 74.8 Å². The Kier molecular flexibility index (Phi) is 5.46. The van der Waals surface area contributed by atoms with E-state index in [1.54, 1.807) is 19.1 Å². The molecule has 0 saturated carbocycles. The van der Waals surface area contributed by atoms with Gasteiger partial charge in [-0.2, -0.15) is 5.10 Å². The molecule has 136 valence electrons. The van der Waals surface area contributed by atoms with Gasteiger partial charge in [-0.05, 0) is 43.2 Å². The number of benzene rings is 2. The van der Waals surface area contributed by atoms with E-state index >= 15 is 0 Å². The maximum atomic E-state index is 12.6. The zero-order chi connectivity index (χ0) is 18.7. The summed E-state index contributed by atoms with van der Waals surface area (Å²) >= 11 is 5.83. The molecule has 0 aliphatic rings. The Balaban J connectivity index is 1.90. The summed E-state index contributed by atoms with van der Waals surface area (Å²) in [5.74, 6) is 0. The molecule has 3 aromatic rings. The summed E-state index contributed by atoms with van der Waals surface area (Å²) < 4.78 is 27.9. The first-order valence-corrected chi connectivity index (χ1v) is 10.2. The summed E-state index contributed by atoms with van der Waals surface area (Å²) in [6.07, 6.45) is 0.739. The van der Waals surface area contributed by atoms with Gasteiger partial charge >= 0.3 is 0 Å². The van der Waals surface area contributed by atoms with Crippen molar-refractivity contribution in [1.82, 2.24) is 14.9 Å². The lowest BCUT2D eigenvalue weighted by atomic mass is 10.0. The molecule has 0 bridgehead atoms. The maximum absolute atomic E-state index is 12.6. The number of halogens is 1. The molecule has 1 atom stereocenters. The average molecular weight is 390 g/mol. The van der Waals surface area contributed by atoms with Crippen molar-refractivity contribution in [1.29, 1.82) is 0 Å². The van der Waals surface area contributed by atoms with Crippen molar-refractivity contribution < 1.29 is 8.42 Å². The van der Waals surface area contributed by atoms with E-state index in [0.29, 0.717) is 10.7 Å². The predicted octanol–water partition coefficient (Wildman–Crippen LogP) is 4.33. The van der Waals surface area contributed by atoms with Gasteiger partial charge in [-0.3, -0.25) is 5.10 Å². The average Bonchev–Trinajstić information content (AvgIpc) is 3.06. The summed E-state index contributed by atoms with van der Waals surface area (Å²) in [5.41, 5.74) is 3.64. The van der Waals surface area contributed by atoms with E-state index in [9.17, 15) is 8.42 Å². The molecule has 1 aromatic heterocycles. The second-order valence-electron chi connectivity index (χ2n) is 5.98. The predicted molar refractivity (Wildman–Crippen MR) is 104 cm³/mol. The summed E-state index contributed by atoms with van der Waals surface area (Å²) in [7, 11) is -3.67. The van der Waals surface area contributed by atoms with Gasteiger partial charge in [0.2, 0.25) is 10.0 Å². The normalized spacial score (nSPS) is 12.9. The van der Waals surface area contributed by atoms with Gasteiger partial charge in [0, 0.05) is 10.6 Å². The van der Waals surface area contributed by atoms with E-state index in [1.165, 1.54) is 12.1 Å². The molecule has 0 amide bonds. The van der Waals surface area contributed by atoms with Crippen molar-refractivity contribution >= 4 is 21.6 Å². The first-order chi connectivity index (χ1) is 12.4. The Hall–Kier alpha value is -2.15.